The summed E-state index contributed by atoms with van der Waals surface area (Å²) in [5.41, 5.74) is 2.97. The lowest BCUT2D eigenvalue weighted by Gasteiger charge is -2.23. The second kappa shape index (κ2) is 8.22. The van der Waals surface area contributed by atoms with Crippen LogP contribution in [-0.4, -0.2) is 11.6 Å². The van der Waals surface area contributed by atoms with Crippen molar-refractivity contribution in [1.29, 1.82) is 0 Å². The van der Waals surface area contributed by atoms with Crippen LogP contribution in [0.25, 0.3) is 0 Å². The molecule has 128 valence electrons. The number of nitrogens with zero attached hydrogens (tertiary/aromatic N) is 1. The van der Waals surface area contributed by atoms with Crippen molar-refractivity contribution in [1.82, 2.24) is 4.98 Å². The Labute approximate surface area is 154 Å². The van der Waals surface area contributed by atoms with Crippen LogP contribution in [0.1, 0.15) is 48.9 Å². The molecule has 1 saturated carbocycles. The van der Waals surface area contributed by atoms with Crippen LogP contribution < -0.4 is 4.74 Å². The van der Waals surface area contributed by atoms with Crippen LogP contribution in [0.4, 0.5) is 0 Å². The predicted molar refractivity (Wildman–Crippen MR) is 100 cm³/mol. The van der Waals surface area contributed by atoms with Crippen molar-refractivity contribution in [3.8, 4) is 5.75 Å². The Balaban J connectivity index is 1.79. The van der Waals surface area contributed by atoms with Crippen molar-refractivity contribution in [2.45, 2.75) is 45.4 Å². The molecule has 0 radical (unpaired) electrons. The number of hydrogen-bond acceptors (Lipinski definition) is 2. The van der Waals surface area contributed by atoms with Crippen LogP contribution in [0, 0.1) is 12.8 Å². The highest BCUT2D eigenvalue weighted by Gasteiger charge is 2.17. The van der Waals surface area contributed by atoms with Crippen LogP contribution >= 0.6 is 23.2 Å². The molecule has 3 rings (SSSR count). The number of aromatic nitrogens is 1. The molecule has 0 unspecified atom stereocenters. The van der Waals surface area contributed by atoms with Crippen LogP contribution in [-0.2, 0) is 6.42 Å². The summed E-state index contributed by atoms with van der Waals surface area (Å²) in [6.45, 7) is 2.79. The SMILES string of the molecule is Cc1nccc(OCC2CCCCC2)c1Cc1c(Cl)cccc1Cl. The fourth-order valence-electron chi connectivity index (χ4n) is 3.36. The van der Waals surface area contributed by atoms with Gasteiger partial charge in [-0.2, -0.15) is 0 Å². The lowest BCUT2D eigenvalue weighted by Crippen LogP contribution is -2.16. The maximum Gasteiger partial charge on any atom is 0.126 e. The minimum atomic E-state index is 0.637. The van der Waals surface area contributed by atoms with Crippen molar-refractivity contribution in [3.63, 3.8) is 0 Å². The van der Waals surface area contributed by atoms with Gasteiger partial charge in [0.15, 0.2) is 0 Å². The first-order valence-electron chi connectivity index (χ1n) is 8.65. The Kier molecular flexibility index (Phi) is 6.02. The Hall–Kier alpha value is -1.25. The first kappa shape index (κ1) is 17.6. The largest absolute Gasteiger partial charge is 0.493 e. The molecule has 1 aliphatic carbocycles. The number of benzene rings is 1. The summed E-state index contributed by atoms with van der Waals surface area (Å²) < 4.78 is 6.18. The molecule has 1 fully saturated rings. The molecular weight excluding hydrogens is 341 g/mol. The van der Waals surface area contributed by atoms with E-state index in [4.69, 9.17) is 27.9 Å². The molecule has 1 heterocycles. The average molecular weight is 364 g/mol. The zero-order valence-electron chi connectivity index (χ0n) is 14.0. The highest BCUT2D eigenvalue weighted by atomic mass is 35.5. The summed E-state index contributed by atoms with van der Waals surface area (Å²) in [5, 5.41) is 1.37. The van der Waals surface area contributed by atoms with Gasteiger partial charge in [0.25, 0.3) is 0 Å². The third-order valence-corrected chi connectivity index (χ3v) is 5.55. The van der Waals surface area contributed by atoms with E-state index >= 15 is 0 Å². The van der Waals surface area contributed by atoms with Gasteiger partial charge in [0.1, 0.15) is 5.75 Å². The number of pyridine rings is 1. The molecule has 0 amide bonds. The Morgan fingerprint density at radius 1 is 1.04 bits per heavy atom. The predicted octanol–water partition coefficient (Wildman–Crippen LogP) is 6.25. The van der Waals surface area contributed by atoms with Crippen LogP contribution in [0.15, 0.2) is 30.5 Å². The van der Waals surface area contributed by atoms with Crippen LogP contribution in [0.2, 0.25) is 10.0 Å². The highest BCUT2D eigenvalue weighted by Crippen LogP contribution is 2.32. The van der Waals surface area contributed by atoms with Crippen LogP contribution in [0.3, 0.4) is 0 Å². The van der Waals surface area contributed by atoms with Crippen molar-refractivity contribution in [3.05, 3.63) is 57.3 Å². The fraction of sp³-hybridized carbons (Fsp3) is 0.450. The van der Waals surface area contributed by atoms with Gasteiger partial charge in [-0.15, -0.1) is 0 Å². The summed E-state index contributed by atoms with van der Waals surface area (Å²) in [4.78, 5) is 4.42. The normalized spacial score (nSPS) is 15.5. The van der Waals surface area contributed by atoms with Gasteiger partial charge in [-0.1, -0.05) is 48.5 Å². The highest BCUT2D eigenvalue weighted by molar-refractivity contribution is 6.36. The smallest absolute Gasteiger partial charge is 0.126 e. The minimum absolute atomic E-state index is 0.637. The standard InChI is InChI=1S/C20H23Cl2NO/c1-14-16(12-17-18(21)8-5-9-19(17)22)20(10-11-23-14)24-13-15-6-3-2-4-7-15/h5,8-11,15H,2-4,6-7,12-13H2,1H3. The zero-order chi connectivity index (χ0) is 16.9. The van der Waals surface area contributed by atoms with Crippen molar-refractivity contribution >= 4 is 23.2 Å². The molecule has 1 aromatic carbocycles. The molecule has 0 bridgehead atoms. The summed E-state index contributed by atoms with van der Waals surface area (Å²) in [7, 11) is 0. The molecule has 1 aromatic heterocycles. The quantitative estimate of drug-likeness (QED) is 0.626. The van der Waals surface area contributed by atoms with Gasteiger partial charge < -0.3 is 4.74 Å². The number of hydrogen-bond donors (Lipinski definition) is 0. The van der Waals surface area contributed by atoms with E-state index in [9.17, 15) is 0 Å². The van der Waals surface area contributed by atoms with Gasteiger partial charge in [0, 0.05) is 33.9 Å². The van der Waals surface area contributed by atoms with Crippen LogP contribution in [0.5, 0.6) is 5.75 Å². The summed E-state index contributed by atoms with van der Waals surface area (Å²) in [5.74, 6) is 1.58. The van der Waals surface area contributed by atoms with E-state index in [1.807, 2.05) is 37.4 Å². The number of aryl methyl sites for hydroxylation is 1. The number of rotatable bonds is 5. The molecule has 0 atom stereocenters. The Bertz CT molecular complexity index is 676. The molecule has 4 heteroatoms. The van der Waals surface area contributed by atoms with Gasteiger partial charge in [-0.05, 0) is 49.4 Å². The zero-order valence-corrected chi connectivity index (χ0v) is 15.5. The molecule has 0 spiro atoms. The molecule has 24 heavy (non-hydrogen) atoms. The van der Waals surface area contributed by atoms with Gasteiger partial charge in [0.05, 0.1) is 6.61 Å². The topological polar surface area (TPSA) is 22.1 Å². The molecule has 2 aromatic rings. The van der Waals surface area contributed by atoms with Gasteiger partial charge in [-0.3, -0.25) is 4.98 Å². The van der Waals surface area contributed by atoms with E-state index in [2.05, 4.69) is 4.98 Å². The second-order valence-electron chi connectivity index (χ2n) is 6.57. The van der Waals surface area contributed by atoms with Gasteiger partial charge in [-0.25, -0.2) is 0 Å². The lowest BCUT2D eigenvalue weighted by atomic mass is 9.90. The van der Waals surface area contributed by atoms with E-state index in [0.717, 1.165) is 29.2 Å². The number of halogens is 2. The molecule has 2 nitrogen and oxygen atoms in total. The molecule has 1 aliphatic rings. The first-order chi connectivity index (χ1) is 11.6. The third-order valence-electron chi connectivity index (χ3n) is 4.84. The summed E-state index contributed by atoms with van der Waals surface area (Å²) in [6, 6.07) is 7.56. The van der Waals surface area contributed by atoms with Gasteiger partial charge >= 0.3 is 0 Å². The molecule has 0 N–H and O–H groups in total. The molecule has 0 aliphatic heterocycles. The second-order valence-corrected chi connectivity index (χ2v) is 7.38. The maximum absolute atomic E-state index is 6.34. The van der Waals surface area contributed by atoms with Crippen molar-refractivity contribution in [2.75, 3.05) is 6.61 Å². The number of ether oxygens (including phenoxy) is 1. The Morgan fingerprint density at radius 2 is 1.75 bits per heavy atom. The van der Waals surface area contributed by atoms with Gasteiger partial charge in [0.2, 0.25) is 0 Å². The Morgan fingerprint density at radius 3 is 2.46 bits per heavy atom. The van der Waals surface area contributed by atoms with Crippen molar-refractivity contribution in [2.24, 2.45) is 5.92 Å². The maximum atomic E-state index is 6.34. The van der Waals surface area contributed by atoms with E-state index in [0.29, 0.717) is 22.4 Å². The first-order valence-corrected chi connectivity index (χ1v) is 9.41. The molecular formula is C20H23Cl2NO. The van der Waals surface area contributed by atoms with E-state index in [-0.39, 0.29) is 0 Å². The summed E-state index contributed by atoms with van der Waals surface area (Å²) >= 11 is 12.7. The summed E-state index contributed by atoms with van der Waals surface area (Å²) in [6.07, 6.45) is 9.00. The van der Waals surface area contributed by atoms with Crippen molar-refractivity contribution < 1.29 is 4.74 Å². The fourth-order valence-corrected chi connectivity index (χ4v) is 3.89. The van der Waals surface area contributed by atoms with E-state index in [1.54, 1.807) is 0 Å². The average Bonchev–Trinajstić information content (AvgIpc) is 2.59. The monoisotopic (exact) mass is 363 g/mol. The lowest BCUT2D eigenvalue weighted by molar-refractivity contribution is 0.207. The minimum Gasteiger partial charge on any atom is -0.493 e. The molecule has 0 saturated heterocycles. The van der Waals surface area contributed by atoms with E-state index in [1.165, 1.54) is 32.1 Å². The van der Waals surface area contributed by atoms with E-state index < -0.39 is 0 Å². The third kappa shape index (κ3) is 4.23.